The van der Waals surface area contributed by atoms with Gasteiger partial charge < -0.3 is 4.74 Å². The van der Waals surface area contributed by atoms with Crippen molar-refractivity contribution in [1.82, 2.24) is 0 Å². The first-order valence-corrected chi connectivity index (χ1v) is 7.53. The van der Waals surface area contributed by atoms with Crippen LogP contribution in [0.4, 0.5) is 0 Å². The molecule has 0 fully saturated rings. The van der Waals surface area contributed by atoms with E-state index in [-0.39, 0.29) is 5.78 Å². The van der Waals surface area contributed by atoms with Crippen LogP contribution in [0.5, 0.6) is 5.75 Å². The summed E-state index contributed by atoms with van der Waals surface area (Å²) in [6.07, 6.45) is 3.19. The lowest BCUT2D eigenvalue weighted by Gasteiger charge is -2.13. The number of aryl methyl sites for hydroxylation is 3. The third-order valence-electron chi connectivity index (χ3n) is 3.98. The van der Waals surface area contributed by atoms with E-state index in [9.17, 15) is 4.79 Å². The van der Waals surface area contributed by atoms with Gasteiger partial charge >= 0.3 is 0 Å². The molecule has 0 unspecified atom stereocenters. The number of fused-ring (bicyclic) bond motifs is 1. The second-order valence-corrected chi connectivity index (χ2v) is 5.79. The number of carbonyl (C=O) groups is 1. The van der Waals surface area contributed by atoms with E-state index in [1.807, 2.05) is 50.2 Å². The fraction of sp³-hybridized carbons (Fsp3) is 0.316. The summed E-state index contributed by atoms with van der Waals surface area (Å²) in [6, 6.07) is 11.7. The number of ketones is 1. The van der Waals surface area contributed by atoms with Gasteiger partial charge in [0.05, 0.1) is 6.61 Å². The van der Waals surface area contributed by atoms with E-state index < -0.39 is 0 Å². The van der Waals surface area contributed by atoms with Crippen LogP contribution in [0, 0.1) is 13.8 Å². The predicted molar refractivity (Wildman–Crippen MR) is 84.2 cm³/mol. The van der Waals surface area contributed by atoms with Crippen molar-refractivity contribution in [2.45, 2.75) is 33.1 Å². The average molecular weight is 280 g/mol. The average Bonchev–Trinajstić information content (AvgIpc) is 2.72. The Labute approximate surface area is 125 Å². The molecule has 1 heterocycles. The Balaban J connectivity index is 2.01. The van der Waals surface area contributed by atoms with Crippen LogP contribution in [-0.4, -0.2) is 12.4 Å². The van der Waals surface area contributed by atoms with E-state index in [4.69, 9.17) is 4.74 Å². The van der Waals surface area contributed by atoms with Crippen molar-refractivity contribution in [2.75, 3.05) is 6.61 Å². The molecule has 0 saturated carbocycles. The molecular weight excluding hydrogens is 260 g/mol. The highest BCUT2D eigenvalue weighted by Gasteiger charge is 2.17. The molecule has 21 heavy (non-hydrogen) atoms. The van der Waals surface area contributed by atoms with Crippen molar-refractivity contribution in [2.24, 2.45) is 0 Å². The van der Waals surface area contributed by atoms with Crippen LogP contribution >= 0.6 is 0 Å². The van der Waals surface area contributed by atoms with Crippen LogP contribution in [0.2, 0.25) is 0 Å². The quantitative estimate of drug-likeness (QED) is 0.769. The Hall–Kier alpha value is -2.09. The molecule has 0 N–H and O–H groups in total. The van der Waals surface area contributed by atoms with Gasteiger partial charge in [0.15, 0.2) is 5.78 Å². The van der Waals surface area contributed by atoms with Crippen molar-refractivity contribution < 1.29 is 9.53 Å². The third kappa shape index (κ3) is 2.85. The number of rotatable bonds is 2. The Morgan fingerprint density at radius 3 is 2.71 bits per heavy atom. The molecule has 1 aliphatic heterocycles. The molecule has 0 bridgehead atoms. The maximum absolute atomic E-state index is 12.7. The fourth-order valence-electron chi connectivity index (χ4n) is 2.92. The Bertz CT molecular complexity index is 686. The molecule has 2 aromatic carbocycles. The minimum absolute atomic E-state index is 0.0915. The Kier molecular flexibility index (Phi) is 3.78. The summed E-state index contributed by atoms with van der Waals surface area (Å²) >= 11 is 0. The van der Waals surface area contributed by atoms with Crippen LogP contribution in [0.15, 0.2) is 36.4 Å². The lowest BCUT2D eigenvalue weighted by Crippen LogP contribution is -2.05. The van der Waals surface area contributed by atoms with Crippen molar-refractivity contribution in [1.29, 1.82) is 0 Å². The first-order valence-electron chi connectivity index (χ1n) is 7.53. The molecule has 0 atom stereocenters. The van der Waals surface area contributed by atoms with Crippen molar-refractivity contribution in [3.8, 4) is 5.75 Å². The van der Waals surface area contributed by atoms with Gasteiger partial charge in [-0.15, -0.1) is 0 Å². The lowest BCUT2D eigenvalue weighted by atomic mass is 9.96. The second-order valence-electron chi connectivity index (χ2n) is 5.79. The highest BCUT2D eigenvalue weighted by atomic mass is 16.5. The molecule has 1 aliphatic rings. The molecule has 0 saturated heterocycles. The van der Waals surface area contributed by atoms with Gasteiger partial charge in [-0.05, 0) is 62.4 Å². The van der Waals surface area contributed by atoms with Gasteiger partial charge in [0, 0.05) is 11.1 Å². The maximum Gasteiger partial charge on any atom is 0.193 e. The van der Waals surface area contributed by atoms with Gasteiger partial charge in [0.25, 0.3) is 0 Å². The summed E-state index contributed by atoms with van der Waals surface area (Å²) < 4.78 is 5.83. The SMILES string of the molecule is Cc1cccc(C(=O)c2cc(C)c3c(c2)CCCCO3)c1. The van der Waals surface area contributed by atoms with Crippen LogP contribution in [0.1, 0.15) is 45.5 Å². The van der Waals surface area contributed by atoms with Gasteiger partial charge in [0.1, 0.15) is 5.75 Å². The van der Waals surface area contributed by atoms with E-state index in [1.165, 1.54) is 5.56 Å². The third-order valence-corrected chi connectivity index (χ3v) is 3.98. The molecule has 2 aromatic rings. The number of hydrogen-bond donors (Lipinski definition) is 0. The fourth-order valence-corrected chi connectivity index (χ4v) is 2.92. The Morgan fingerprint density at radius 2 is 1.90 bits per heavy atom. The van der Waals surface area contributed by atoms with Crippen LogP contribution in [0.3, 0.4) is 0 Å². The van der Waals surface area contributed by atoms with E-state index >= 15 is 0 Å². The normalized spacial score (nSPS) is 14.0. The molecule has 0 radical (unpaired) electrons. The minimum Gasteiger partial charge on any atom is -0.493 e. The number of ether oxygens (including phenoxy) is 1. The molecule has 0 aliphatic carbocycles. The number of hydrogen-bond acceptors (Lipinski definition) is 2. The van der Waals surface area contributed by atoms with E-state index in [2.05, 4.69) is 0 Å². The van der Waals surface area contributed by atoms with Crippen molar-refractivity contribution in [3.63, 3.8) is 0 Å². The molecule has 0 amide bonds. The van der Waals surface area contributed by atoms with Gasteiger partial charge in [-0.3, -0.25) is 4.79 Å². The van der Waals surface area contributed by atoms with Crippen LogP contribution < -0.4 is 4.74 Å². The zero-order valence-electron chi connectivity index (χ0n) is 12.6. The van der Waals surface area contributed by atoms with Crippen LogP contribution in [0.25, 0.3) is 0 Å². The molecule has 108 valence electrons. The zero-order valence-corrected chi connectivity index (χ0v) is 12.6. The first kappa shape index (κ1) is 13.9. The summed E-state index contributed by atoms with van der Waals surface area (Å²) in [5.74, 6) is 1.07. The smallest absolute Gasteiger partial charge is 0.193 e. The number of carbonyl (C=O) groups excluding carboxylic acids is 1. The molecule has 0 aromatic heterocycles. The summed E-state index contributed by atoms with van der Waals surface area (Å²) in [5.41, 5.74) is 4.86. The molecule has 3 rings (SSSR count). The van der Waals surface area contributed by atoms with Crippen LogP contribution in [-0.2, 0) is 6.42 Å². The maximum atomic E-state index is 12.7. The van der Waals surface area contributed by atoms with E-state index in [1.54, 1.807) is 0 Å². The van der Waals surface area contributed by atoms with Crippen molar-refractivity contribution in [3.05, 3.63) is 64.2 Å². The Morgan fingerprint density at radius 1 is 1.05 bits per heavy atom. The topological polar surface area (TPSA) is 26.3 Å². The molecular formula is C19H20O2. The highest BCUT2D eigenvalue weighted by Crippen LogP contribution is 2.30. The highest BCUT2D eigenvalue weighted by molar-refractivity contribution is 6.09. The monoisotopic (exact) mass is 280 g/mol. The summed E-state index contributed by atoms with van der Waals surface area (Å²) in [6.45, 7) is 4.81. The molecule has 0 spiro atoms. The van der Waals surface area contributed by atoms with Gasteiger partial charge in [-0.2, -0.15) is 0 Å². The van der Waals surface area contributed by atoms with Gasteiger partial charge in [-0.25, -0.2) is 0 Å². The first-order chi connectivity index (χ1) is 10.1. The largest absolute Gasteiger partial charge is 0.493 e. The molecule has 2 nitrogen and oxygen atoms in total. The van der Waals surface area contributed by atoms with E-state index in [0.717, 1.165) is 53.9 Å². The van der Waals surface area contributed by atoms with Gasteiger partial charge in [0.2, 0.25) is 0 Å². The zero-order chi connectivity index (χ0) is 14.8. The predicted octanol–water partition coefficient (Wildman–Crippen LogP) is 4.25. The van der Waals surface area contributed by atoms with Gasteiger partial charge in [-0.1, -0.05) is 23.8 Å². The summed E-state index contributed by atoms with van der Waals surface area (Å²) in [4.78, 5) is 12.7. The van der Waals surface area contributed by atoms with E-state index in [0.29, 0.717) is 0 Å². The molecule has 2 heteroatoms. The lowest BCUT2D eigenvalue weighted by molar-refractivity contribution is 0.103. The minimum atomic E-state index is 0.0915. The summed E-state index contributed by atoms with van der Waals surface area (Å²) in [5, 5.41) is 0. The number of benzene rings is 2. The summed E-state index contributed by atoms with van der Waals surface area (Å²) in [7, 11) is 0. The second kappa shape index (κ2) is 5.72. The van der Waals surface area contributed by atoms with Crippen molar-refractivity contribution >= 4 is 5.78 Å². The standard InChI is InChI=1S/C19H20O2/c1-13-6-5-8-15(10-13)18(20)17-11-14(2)19-16(12-17)7-3-4-9-21-19/h5-6,8,10-12H,3-4,7,9H2,1-2H3.